The lowest BCUT2D eigenvalue weighted by molar-refractivity contribution is -0.0295. The summed E-state index contributed by atoms with van der Waals surface area (Å²) in [6.07, 6.45) is 0.970. The number of morpholine rings is 1. The lowest BCUT2D eigenvalue weighted by Gasteiger charge is -2.33. The third-order valence-corrected chi connectivity index (χ3v) is 5.06. The number of benzene rings is 1. The first kappa shape index (κ1) is 16.8. The van der Waals surface area contributed by atoms with Gasteiger partial charge in [-0.1, -0.05) is 34.4 Å². The maximum Gasteiger partial charge on any atom is 0.137 e. The summed E-state index contributed by atoms with van der Waals surface area (Å²) in [6, 6.07) is 5.70. The van der Waals surface area contributed by atoms with E-state index in [1.807, 2.05) is 32.0 Å². The van der Waals surface area contributed by atoms with Crippen molar-refractivity contribution < 1.29 is 9.26 Å². The topological polar surface area (TPSA) is 38.5 Å². The molecule has 3 rings (SSSR count). The summed E-state index contributed by atoms with van der Waals surface area (Å²) in [4.78, 5) is 2.41. The maximum atomic E-state index is 6.11. The molecule has 0 saturated carbocycles. The van der Waals surface area contributed by atoms with E-state index < -0.39 is 0 Å². The zero-order chi connectivity index (χ0) is 16.4. The number of hydrogen-bond donors (Lipinski definition) is 0. The number of halogens is 2. The minimum Gasteiger partial charge on any atom is -0.371 e. The van der Waals surface area contributed by atoms with Crippen molar-refractivity contribution in [1.29, 1.82) is 0 Å². The Morgan fingerprint density at radius 2 is 2.09 bits per heavy atom. The summed E-state index contributed by atoms with van der Waals surface area (Å²) in [5.41, 5.74) is 3.26. The van der Waals surface area contributed by atoms with Crippen LogP contribution in [0.2, 0.25) is 10.0 Å². The molecule has 124 valence electrons. The van der Waals surface area contributed by atoms with Crippen molar-refractivity contribution in [1.82, 2.24) is 10.1 Å². The molecule has 1 saturated heterocycles. The van der Waals surface area contributed by atoms with Crippen molar-refractivity contribution in [2.75, 3.05) is 26.2 Å². The Balaban J connectivity index is 1.63. The van der Waals surface area contributed by atoms with E-state index in [0.717, 1.165) is 43.1 Å². The van der Waals surface area contributed by atoms with E-state index in [1.54, 1.807) is 0 Å². The van der Waals surface area contributed by atoms with Crippen LogP contribution in [0.25, 0.3) is 0 Å². The highest BCUT2D eigenvalue weighted by Crippen LogP contribution is 2.29. The highest BCUT2D eigenvalue weighted by Gasteiger charge is 2.23. The summed E-state index contributed by atoms with van der Waals surface area (Å²) in [5, 5.41) is 5.16. The number of ether oxygens (including phenoxy) is 1. The van der Waals surface area contributed by atoms with Crippen LogP contribution in [0.1, 0.15) is 28.7 Å². The minimum atomic E-state index is 0.0307. The van der Waals surface area contributed by atoms with Gasteiger partial charge in [0, 0.05) is 25.2 Å². The number of nitrogens with zero attached hydrogens (tertiary/aromatic N) is 2. The first-order valence-electron chi connectivity index (χ1n) is 7.75. The molecule has 2 heterocycles. The normalized spacial score (nSPS) is 19.2. The summed E-state index contributed by atoms with van der Waals surface area (Å²) >= 11 is 12.1. The molecule has 1 aliphatic rings. The van der Waals surface area contributed by atoms with E-state index in [4.69, 9.17) is 32.5 Å². The lowest BCUT2D eigenvalue weighted by Crippen LogP contribution is -2.39. The van der Waals surface area contributed by atoms with E-state index in [2.05, 4.69) is 10.1 Å². The van der Waals surface area contributed by atoms with Crippen molar-refractivity contribution in [3.63, 3.8) is 0 Å². The first-order valence-corrected chi connectivity index (χ1v) is 8.51. The number of aromatic nitrogens is 1. The van der Waals surface area contributed by atoms with Crippen LogP contribution >= 0.6 is 23.2 Å². The Morgan fingerprint density at radius 3 is 2.78 bits per heavy atom. The quantitative estimate of drug-likeness (QED) is 0.823. The Bertz CT molecular complexity index is 668. The van der Waals surface area contributed by atoms with E-state index in [9.17, 15) is 0 Å². The number of rotatable bonds is 4. The average molecular weight is 355 g/mol. The Hall–Kier alpha value is -1.07. The molecular weight excluding hydrogens is 335 g/mol. The third kappa shape index (κ3) is 3.89. The van der Waals surface area contributed by atoms with Gasteiger partial charge >= 0.3 is 0 Å². The molecular formula is C17H20Cl2N2O2. The zero-order valence-corrected chi connectivity index (χ0v) is 14.8. The van der Waals surface area contributed by atoms with Gasteiger partial charge in [-0.15, -0.1) is 0 Å². The number of aryl methyl sites for hydroxylation is 2. The fourth-order valence-electron chi connectivity index (χ4n) is 2.95. The minimum absolute atomic E-state index is 0.0307. The van der Waals surface area contributed by atoms with Gasteiger partial charge < -0.3 is 9.26 Å². The molecule has 1 fully saturated rings. The highest BCUT2D eigenvalue weighted by atomic mass is 35.5. The van der Waals surface area contributed by atoms with Crippen LogP contribution in [0.3, 0.4) is 0 Å². The Labute approximate surface area is 146 Å². The molecule has 0 unspecified atom stereocenters. The van der Waals surface area contributed by atoms with Gasteiger partial charge in [-0.3, -0.25) is 4.90 Å². The van der Waals surface area contributed by atoms with Crippen LogP contribution in [0.4, 0.5) is 0 Å². The molecule has 0 bridgehead atoms. The second-order valence-corrected chi connectivity index (χ2v) is 6.70. The van der Waals surface area contributed by atoms with Gasteiger partial charge in [-0.05, 0) is 38.0 Å². The van der Waals surface area contributed by atoms with E-state index in [-0.39, 0.29) is 6.10 Å². The fraction of sp³-hybridized carbons (Fsp3) is 0.471. The van der Waals surface area contributed by atoms with Crippen LogP contribution in [0, 0.1) is 13.8 Å². The van der Waals surface area contributed by atoms with Crippen LogP contribution < -0.4 is 0 Å². The highest BCUT2D eigenvalue weighted by molar-refractivity contribution is 6.42. The molecule has 23 heavy (non-hydrogen) atoms. The van der Waals surface area contributed by atoms with Gasteiger partial charge in [0.15, 0.2) is 0 Å². The van der Waals surface area contributed by atoms with Crippen molar-refractivity contribution in [3.8, 4) is 0 Å². The second-order valence-electron chi connectivity index (χ2n) is 5.89. The molecule has 1 aliphatic heterocycles. The molecule has 1 aromatic heterocycles. The maximum absolute atomic E-state index is 6.11. The summed E-state index contributed by atoms with van der Waals surface area (Å²) in [5.74, 6) is 0.914. The van der Waals surface area contributed by atoms with E-state index in [1.165, 1.54) is 5.56 Å². The van der Waals surface area contributed by atoms with E-state index in [0.29, 0.717) is 16.7 Å². The SMILES string of the molecule is Cc1noc(C)c1CCN1CCO[C@H](c2ccc(Cl)c(Cl)c2)C1. The van der Waals surface area contributed by atoms with Gasteiger partial charge in [0.25, 0.3) is 0 Å². The second kappa shape index (κ2) is 7.22. The standard InChI is InChI=1S/C17H20Cl2N2O2/c1-11-14(12(2)23-20-11)5-6-21-7-8-22-17(10-21)13-3-4-15(18)16(19)9-13/h3-4,9,17H,5-8,10H2,1-2H3/t17-/m0/s1. The molecule has 1 aromatic carbocycles. The van der Waals surface area contributed by atoms with Gasteiger partial charge in [-0.2, -0.15) is 0 Å². The molecule has 6 heteroatoms. The van der Waals surface area contributed by atoms with Gasteiger partial charge in [0.05, 0.1) is 28.5 Å². The molecule has 0 spiro atoms. The van der Waals surface area contributed by atoms with Crippen LogP contribution in [0.15, 0.2) is 22.7 Å². The van der Waals surface area contributed by atoms with Crippen LogP contribution in [-0.4, -0.2) is 36.3 Å². The lowest BCUT2D eigenvalue weighted by atomic mass is 10.1. The summed E-state index contributed by atoms with van der Waals surface area (Å²) < 4.78 is 11.1. The smallest absolute Gasteiger partial charge is 0.137 e. The first-order chi connectivity index (χ1) is 11.0. The van der Waals surface area contributed by atoms with E-state index >= 15 is 0 Å². The largest absolute Gasteiger partial charge is 0.371 e. The van der Waals surface area contributed by atoms with Gasteiger partial charge in [-0.25, -0.2) is 0 Å². The average Bonchev–Trinajstić information content (AvgIpc) is 2.87. The van der Waals surface area contributed by atoms with Crippen molar-refractivity contribution in [2.24, 2.45) is 0 Å². The Morgan fingerprint density at radius 1 is 1.26 bits per heavy atom. The zero-order valence-electron chi connectivity index (χ0n) is 13.3. The molecule has 0 aliphatic carbocycles. The van der Waals surface area contributed by atoms with Crippen LogP contribution in [-0.2, 0) is 11.2 Å². The third-order valence-electron chi connectivity index (χ3n) is 4.33. The van der Waals surface area contributed by atoms with Gasteiger partial charge in [0.2, 0.25) is 0 Å². The molecule has 4 nitrogen and oxygen atoms in total. The van der Waals surface area contributed by atoms with Crippen molar-refractivity contribution in [2.45, 2.75) is 26.4 Å². The van der Waals surface area contributed by atoms with Gasteiger partial charge in [0.1, 0.15) is 5.76 Å². The fourth-order valence-corrected chi connectivity index (χ4v) is 3.26. The molecule has 1 atom stereocenters. The monoisotopic (exact) mass is 354 g/mol. The van der Waals surface area contributed by atoms with Crippen LogP contribution in [0.5, 0.6) is 0 Å². The summed E-state index contributed by atoms with van der Waals surface area (Å²) in [7, 11) is 0. The van der Waals surface area contributed by atoms with Crippen molar-refractivity contribution >= 4 is 23.2 Å². The predicted octanol–water partition coefficient (Wildman–Crippen LogP) is 4.21. The summed E-state index contributed by atoms with van der Waals surface area (Å²) in [6.45, 7) is 7.41. The molecule has 0 amide bonds. The number of hydrogen-bond acceptors (Lipinski definition) is 4. The molecule has 0 N–H and O–H groups in total. The van der Waals surface area contributed by atoms with Crippen molar-refractivity contribution in [3.05, 3.63) is 50.8 Å². The molecule has 0 radical (unpaired) electrons. The molecule has 2 aromatic rings. The predicted molar refractivity (Wildman–Crippen MR) is 91.3 cm³/mol. The Kier molecular flexibility index (Phi) is 5.27.